The van der Waals surface area contributed by atoms with E-state index in [9.17, 15) is 14.4 Å². The molecule has 2 aromatic carbocycles. The van der Waals surface area contributed by atoms with Gasteiger partial charge in [-0.15, -0.1) is 0 Å². The molecular weight excluding hydrogens is 438 g/mol. The smallest absolute Gasteiger partial charge is 0.255 e. The molecule has 1 aliphatic heterocycles. The Bertz CT molecular complexity index is 1180. The molecule has 34 heavy (non-hydrogen) atoms. The minimum atomic E-state index is -0.518. The number of likely N-dealkylation sites (tertiary alicyclic amines) is 1. The van der Waals surface area contributed by atoms with E-state index in [4.69, 9.17) is 13.9 Å². The van der Waals surface area contributed by atoms with Crippen LogP contribution in [-0.4, -0.2) is 43.4 Å². The zero-order valence-electron chi connectivity index (χ0n) is 18.9. The quantitative estimate of drug-likeness (QED) is 0.529. The van der Waals surface area contributed by atoms with Gasteiger partial charge in [0.1, 0.15) is 17.3 Å². The van der Waals surface area contributed by atoms with Crippen LogP contribution in [0, 0.1) is 5.92 Å². The number of hydrogen-bond acceptors (Lipinski definition) is 6. The van der Waals surface area contributed by atoms with Crippen molar-refractivity contribution in [2.24, 2.45) is 5.92 Å². The maximum Gasteiger partial charge on any atom is 0.255 e. The summed E-state index contributed by atoms with van der Waals surface area (Å²) in [6, 6.07) is 15.5. The van der Waals surface area contributed by atoms with Crippen LogP contribution in [0.15, 0.2) is 65.3 Å². The van der Waals surface area contributed by atoms with Gasteiger partial charge >= 0.3 is 0 Å². The Labute approximate surface area is 196 Å². The summed E-state index contributed by atoms with van der Waals surface area (Å²) in [5.74, 6) is 0.108. The van der Waals surface area contributed by atoms with E-state index in [0.717, 1.165) is 0 Å². The van der Waals surface area contributed by atoms with Crippen LogP contribution in [0.2, 0.25) is 0 Å². The Kier molecular flexibility index (Phi) is 6.82. The molecule has 2 heterocycles. The minimum Gasteiger partial charge on any atom is -0.494 e. The zero-order chi connectivity index (χ0) is 24.1. The largest absolute Gasteiger partial charge is 0.494 e. The van der Waals surface area contributed by atoms with E-state index < -0.39 is 5.92 Å². The highest BCUT2D eigenvalue weighted by Crippen LogP contribution is 2.37. The molecule has 1 saturated heterocycles. The highest BCUT2D eigenvalue weighted by molar-refractivity contribution is 6.06. The van der Waals surface area contributed by atoms with Crippen molar-refractivity contribution in [2.45, 2.75) is 13.0 Å². The normalized spacial score (nSPS) is 15.2. The summed E-state index contributed by atoms with van der Waals surface area (Å²) >= 11 is 0. The standard InChI is InChI=1S/C25H25N3O6/c1-32-21-13-20(22(33-2)12-19(21)26-24(30)16-7-4-3-5-8-16)27-25(31)17-11-23(29)28(14-17)15-18-9-6-10-34-18/h3-10,12-13,17H,11,14-15H2,1-2H3,(H,26,30)(H,27,31). The van der Waals surface area contributed by atoms with Crippen LogP contribution in [0.5, 0.6) is 11.5 Å². The van der Waals surface area contributed by atoms with Gasteiger partial charge in [0.25, 0.3) is 5.91 Å². The minimum absolute atomic E-state index is 0.108. The Morgan fingerprint density at radius 1 is 1.00 bits per heavy atom. The van der Waals surface area contributed by atoms with Gasteiger partial charge in [-0.3, -0.25) is 14.4 Å². The summed E-state index contributed by atoms with van der Waals surface area (Å²) < 4.78 is 16.2. The van der Waals surface area contributed by atoms with Crippen LogP contribution in [0.1, 0.15) is 22.5 Å². The summed E-state index contributed by atoms with van der Waals surface area (Å²) in [6.45, 7) is 0.610. The summed E-state index contributed by atoms with van der Waals surface area (Å²) in [4.78, 5) is 39.5. The van der Waals surface area contributed by atoms with Gasteiger partial charge in [0.15, 0.2) is 0 Å². The van der Waals surface area contributed by atoms with Crippen molar-refractivity contribution in [3.05, 3.63) is 72.2 Å². The van der Waals surface area contributed by atoms with Crippen molar-refractivity contribution in [1.29, 1.82) is 0 Å². The summed E-state index contributed by atoms with van der Waals surface area (Å²) in [6.07, 6.45) is 1.66. The topological polar surface area (TPSA) is 110 Å². The van der Waals surface area contributed by atoms with Crippen LogP contribution in [0.3, 0.4) is 0 Å². The monoisotopic (exact) mass is 463 g/mol. The molecule has 9 nitrogen and oxygen atoms in total. The number of nitrogens with one attached hydrogen (secondary N) is 2. The number of amides is 3. The van der Waals surface area contributed by atoms with E-state index >= 15 is 0 Å². The second-order valence-electron chi connectivity index (χ2n) is 7.82. The average Bonchev–Trinajstić information content (AvgIpc) is 3.50. The van der Waals surface area contributed by atoms with Gasteiger partial charge in [-0.1, -0.05) is 18.2 Å². The highest BCUT2D eigenvalue weighted by Gasteiger charge is 2.35. The van der Waals surface area contributed by atoms with E-state index in [2.05, 4.69) is 10.6 Å². The lowest BCUT2D eigenvalue weighted by atomic mass is 10.1. The molecule has 1 unspecified atom stereocenters. The maximum absolute atomic E-state index is 12.9. The zero-order valence-corrected chi connectivity index (χ0v) is 18.9. The molecule has 1 atom stereocenters. The van der Waals surface area contributed by atoms with E-state index in [0.29, 0.717) is 40.7 Å². The second-order valence-corrected chi connectivity index (χ2v) is 7.82. The van der Waals surface area contributed by atoms with Crippen LogP contribution in [0.4, 0.5) is 11.4 Å². The molecular formula is C25H25N3O6. The van der Waals surface area contributed by atoms with Crippen molar-refractivity contribution in [2.75, 3.05) is 31.4 Å². The lowest BCUT2D eigenvalue weighted by molar-refractivity contribution is -0.128. The molecule has 4 rings (SSSR count). The molecule has 0 radical (unpaired) electrons. The summed E-state index contributed by atoms with van der Waals surface area (Å²) in [5.41, 5.74) is 1.26. The van der Waals surface area contributed by atoms with Gasteiger partial charge < -0.3 is 29.4 Å². The molecule has 0 bridgehead atoms. The lowest BCUT2D eigenvalue weighted by Gasteiger charge is -2.18. The van der Waals surface area contributed by atoms with Crippen molar-refractivity contribution in [3.8, 4) is 11.5 Å². The molecule has 3 aromatic rings. The molecule has 0 aliphatic carbocycles. The number of ether oxygens (including phenoxy) is 2. The Morgan fingerprint density at radius 3 is 2.29 bits per heavy atom. The predicted octanol–water partition coefficient (Wildman–Crippen LogP) is 3.54. The van der Waals surface area contributed by atoms with Crippen molar-refractivity contribution < 1.29 is 28.3 Å². The van der Waals surface area contributed by atoms with Gasteiger partial charge in [-0.25, -0.2) is 0 Å². The number of furan rings is 1. The van der Waals surface area contributed by atoms with Crippen molar-refractivity contribution >= 4 is 29.1 Å². The molecule has 0 spiro atoms. The highest BCUT2D eigenvalue weighted by atomic mass is 16.5. The molecule has 9 heteroatoms. The van der Waals surface area contributed by atoms with Crippen molar-refractivity contribution in [1.82, 2.24) is 4.90 Å². The number of rotatable bonds is 8. The first-order valence-electron chi connectivity index (χ1n) is 10.7. The number of carbonyl (C=O) groups is 3. The first-order chi connectivity index (χ1) is 16.5. The SMILES string of the molecule is COc1cc(NC(=O)C2CC(=O)N(Cc3ccco3)C2)c(OC)cc1NC(=O)c1ccccc1. The predicted molar refractivity (Wildman–Crippen MR) is 125 cm³/mol. The third-order valence-corrected chi connectivity index (χ3v) is 5.58. The van der Waals surface area contributed by atoms with Crippen LogP contribution in [-0.2, 0) is 16.1 Å². The number of benzene rings is 2. The van der Waals surface area contributed by atoms with E-state index in [-0.39, 0.29) is 30.7 Å². The Balaban J connectivity index is 1.47. The lowest BCUT2D eigenvalue weighted by Crippen LogP contribution is -2.28. The van der Waals surface area contributed by atoms with E-state index in [1.165, 1.54) is 14.2 Å². The fraction of sp³-hybridized carbons (Fsp3) is 0.240. The first kappa shape index (κ1) is 22.9. The number of anilines is 2. The Hall–Kier alpha value is -4.27. The number of carbonyl (C=O) groups excluding carboxylic acids is 3. The van der Waals surface area contributed by atoms with Gasteiger partial charge in [-0.05, 0) is 24.3 Å². The van der Waals surface area contributed by atoms with E-state index in [1.54, 1.807) is 59.7 Å². The van der Waals surface area contributed by atoms with Crippen molar-refractivity contribution in [3.63, 3.8) is 0 Å². The van der Waals surface area contributed by atoms with Gasteiger partial charge in [0, 0.05) is 30.7 Å². The van der Waals surface area contributed by atoms with E-state index in [1.807, 2.05) is 6.07 Å². The van der Waals surface area contributed by atoms with Gasteiger partial charge in [-0.2, -0.15) is 0 Å². The molecule has 1 aromatic heterocycles. The molecule has 1 aliphatic rings. The fourth-order valence-corrected chi connectivity index (χ4v) is 3.80. The fourth-order valence-electron chi connectivity index (χ4n) is 3.80. The number of nitrogens with zero attached hydrogens (tertiary/aromatic N) is 1. The molecule has 3 amide bonds. The second kappa shape index (κ2) is 10.1. The number of methoxy groups -OCH3 is 2. The first-order valence-corrected chi connectivity index (χ1v) is 10.7. The van der Waals surface area contributed by atoms with Gasteiger partial charge in [0.05, 0.1) is 44.3 Å². The Morgan fingerprint density at radius 2 is 1.68 bits per heavy atom. The van der Waals surface area contributed by atoms with Crippen LogP contribution in [0.25, 0.3) is 0 Å². The third-order valence-electron chi connectivity index (χ3n) is 5.58. The summed E-state index contributed by atoms with van der Waals surface area (Å²) in [7, 11) is 2.93. The number of hydrogen-bond donors (Lipinski definition) is 2. The molecule has 0 saturated carbocycles. The van der Waals surface area contributed by atoms with Crippen LogP contribution < -0.4 is 20.1 Å². The molecule has 176 valence electrons. The molecule has 2 N–H and O–H groups in total. The van der Waals surface area contributed by atoms with Gasteiger partial charge in [0.2, 0.25) is 11.8 Å². The summed E-state index contributed by atoms with van der Waals surface area (Å²) in [5, 5.41) is 5.64. The maximum atomic E-state index is 12.9. The van der Waals surface area contributed by atoms with Crippen LogP contribution >= 0.6 is 0 Å². The molecule has 1 fully saturated rings. The average molecular weight is 463 g/mol. The third kappa shape index (κ3) is 5.03.